The number of para-hydroxylation sites is 1. The highest BCUT2D eigenvalue weighted by Gasteiger charge is 2.32. The van der Waals surface area contributed by atoms with Crippen molar-refractivity contribution in [1.82, 2.24) is 5.32 Å². The molecule has 0 radical (unpaired) electrons. The Hall–Kier alpha value is -2.97. The molecule has 0 bridgehead atoms. The van der Waals surface area contributed by atoms with E-state index >= 15 is 0 Å². The van der Waals surface area contributed by atoms with Gasteiger partial charge in [-0.25, -0.2) is 0 Å². The first-order valence-corrected chi connectivity index (χ1v) is 7.44. The molecule has 1 aliphatic rings. The van der Waals surface area contributed by atoms with Crippen LogP contribution < -0.4 is 10.2 Å². The summed E-state index contributed by atoms with van der Waals surface area (Å²) in [5, 5.41) is 12.1. The van der Waals surface area contributed by atoms with Gasteiger partial charge < -0.3 is 5.32 Å². The van der Waals surface area contributed by atoms with Crippen LogP contribution in [0.2, 0.25) is 0 Å². The molecule has 2 aromatic rings. The molecule has 1 fully saturated rings. The van der Waals surface area contributed by atoms with Gasteiger partial charge in [-0.1, -0.05) is 30.3 Å². The lowest BCUT2D eigenvalue weighted by molar-refractivity contribution is -0.113. The Kier molecular flexibility index (Phi) is 3.92. The van der Waals surface area contributed by atoms with Gasteiger partial charge in [-0.2, -0.15) is 5.26 Å². The maximum atomic E-state index is 12.7. The quantitative estimate of drug-likeness (QED) is 0.682. The number of benzene rings is 2. The van der Waals surface area contributed by atoms with Crippen LogP contribution in [0, 0.1) is 18.3 Å². The van der Waals surface area contributed by atoms with E-state index in [4.69, 9.17) is 17.5 Å². The summed E-state index contributed by atoms with van der Waals surface area (Å²) in [7, 11) is 0. The predicted molar refractivity (Wildman–Crippen MR) is 93.5 cm³/mol. The third-order valence-electron chi connectivity index (χ3n) is 3.59. The Morgan fingerprint density at radius 2 is 1.87 bits per heavy atom. The summed E-state index contributed by atoms with van der Waals surface area (Å²) < 4.78 is 0. The van der Waals surface area contributed by atoms with Crippen molar-refractivity contribution in [2.45, 2.75) is 6.92 Å². The first kappa shape index (κ1) is 14.9. The number of carbonyl (C=O) groups is 1. The van der Waals surface area contributed by atoms with Crippen LogP contribution in [-0.4, -0.2) is 11.0 Å². The molecule has 1 saturated heterocycles. The van der Waals surface area contributed by atoms with E-state index in [1.807, 2.05) is 31.2 Å². The average molecular weight is 319 g/mol. The maximum absolute atomic E-state index is 12.7. The van der Waals surface area contributed by atoms with Gasteiger partial charge in [0.05, 0.1) is 17.3 Å². The van der Waals surface area contributed by atoms with Crippen molar-refractivity contribution in [3.8, 4) is 6.07 Å². The topological polar surface area (TPSA) is 56.1 Å². The van der Waals surface area contributed by atoms with Crippen molar-refractivity contribution in [1.29, 1.82) is 5.26 Å². The van der Waals surface area contributed by atoms with E-state index in [1.165, 1.54) is 4.90 Å². The number of thiocarbonyl (C=S) groups is 1. The summed E-state index contributed by atoms with van der Waals surface area (Å²) in [6.07, 6.45) is 1.73. The van der Waals surface area contributed by atoms with E-state index in [-0.39, 0.29) is 5.91 Å². The van der Waals surface area contributed by atoms with Crippen molar-refractivity contribution in [2.75, 3.05) is 4.90 Å². The molecule has 0 atom stereocenters. The number of nitriles is 1. The monoisotopic (exact) mass is 319 g/mol. The van der Waals surface area contributed by atoms with Crippen LogP contribution in [0.5, 0.6) is 0 Å². The Labute approximate surface area is 139 Å². The Bertz CT molecular complexity index is 863. The van der Waals surface area contributed by atoms with Crippen LogP contribution in [0.15, 0.2) is 54.2 Å². The molecule has 23 heavy (non-hydrogen) atoms. The molecular weight excluding hydrogens is 306 g/mol. The van der Waals surface area contributed by atoms with Crippen molar-refractivity contribution in [3.05, 3.63) is 70.9 Å². The minimum Gasteiger partial charge on any atom is -0.327 e. The molecule has 5 heteroatoms. The van der Waals surface area contributed by atoms with E-state index in [9.17, 15) is 4.79 Å². The summed E-state index contributed by atoms with van der Waals surface area (Å²) in [5.74, 6) is -0.186. The number of hydrogen-bond acceptors (Lipinski definition) is 3. The van der Waals surface area contributed by atoms with Gasteiger partial charge >= 0.3 is 0 Å². The molecule has 0 spiro atoms. The molecule has 0 aromatic heterocycles. The number of amides is 1. The number of anilines is 1. The third kappa shape index (κ3) is 2.85. The minimum atomic E-state index is -0.186. The fraction of sp³-hybridized carbons (Fsp3) is 0.0556. The van der Waals surface area contributed by atoms with Gasteiger partial charge in [0.15, 0.2) is 5.11 Å². The van der Waals surface area contributed by atoms with E-state index < -0.39 is 0 Å². The van der Waals surface area contributed by atoms with Crippen LogP contribution in [-0.2, 0) is 4.79 Å². The number of rotatable bonds is 2. The lowest BCUT2D eigenvalue weighted by Crippen LogP contribution is -2.30. The highest BCUT2D eigenvalue weighted by atomic mass is 32.1. The Morgan fingerprint density at radius 3 is 2.52 bits per heavy atom. The molecule has 1 N–H and O–H groups in total. The molecule has 0 unspecified atom stereocenters. The van der Waals surface area contributed by atoms with E-state index in [2.05, 4.69) is 11.4 Å². The molecule has 4 nitrogen and oxygen atoms in total. The van der Waals surface area contributed by atoms with Crippen LogP contribution in [0.4, 0.5) is 5.69 Å². The largest absolute Gasteiger partial charge is 0.327 e. The van der Waals surface area contributed by atoms with Gasteiger partial charge in [-0.15, -0.1) is 0 Å². The number of nitrogens with zero attached hydrogens (tertiary/aromatic N) is 2. The number of nitrogens with one attached hydrogen (secondary N) is 1. The van der Waals surface area contributed by atoms with Gasteiger partial charge in [0.1, 0.15) is 5.70 Å². The second-order valence-electron chi connectivity index (χ2n) is 5.15. The highest BCUT2D eigenvalue weighted by molar-refractivity contribution is 7.80. The molecule has 2 aromatic carbocycles. The summed E-state index contributed by atoms with van der Waals surface area (Å²) in [5.41, 5.74) is 3.58. The van der Waals surface area contributed by atoms with Gasteiger partial charge in [0.25, 0.3) is 5.91 Å². The van der Waals surface area contributed by atoms with Gasteiger partial charge in [-0.3, -0.25) is 9.69 Å². The third-order valence-corrected chi connectivity index (χ3v) is 3.87. The van der Waals surface area contributed by atoms with E-state index in [0.717, 1.165) is 16.8 Å². The van der Waals surface area contributed by atoms with Gasteiger partial charge in [-0.05, 0) is 54.5 Å². The van der Waals surface area contributed by atoms with Crippen LogP contribution in [0.25, 0.3) is 6.08 Å². The van der Waals surface area contributed by atoms with E-state index in [1.54, 1.807) is 30.3 Å². The van der Waals surface area contributed by atoms with Gasteiger partial charge in [0, 0.05) is 0 Å². The van der Waals surface area contributed by atoms with Crippen molar-refractivity contribution >= 4 is 35.0 Å². The maximum Gasteiger partial charge on any atom is 0.281 e. The summed E-state index contributed by atoms with van der Waals surface area (Å²) in [6.45, 7) is 1.94. The van der Waals surface area contributed by atoms with Crippen molar-refractivity contribution in [3.63, 3.8) is 0 Å². The second kappa shape index (κ2) is 6.03. The molecule has 3 rings (SSSR count). The lowest BCUT2D eigenvalue weighted by atomic mass is 10.1. The molecule has 0 saturated carbocycles. The normalized spacial score (nSPS) is 15.7. The van der Waals surface area contributed by atoms with Crippen LogP contribution >= 0.6 is 12.2 Å². The zero-order chi connectivity index (χ0) is 16.4. The fourth-order valence-electron chi connectivity index (χ4n) is 2.39. The number of hydrogen-bond donors (Lipinski definition) is 1. The number of carbonyl (C=O) groups excluding carboxylic acids is 1. The summed E-state index contributed by atoms with van der Waals surface area (Å²) in [4.78, 5) is 14.2. The Balaban J connectivity index is 1.93. The molecule has 1 heterocycles. The second-order valence-corrected chi connectivity index (χ2v) is 5.54. The molecule has 1 amide bonds. The zero-order valence-corrected chi connectivity index (χ0v) is 13.2. The molecule has 112 valence electrons. The lowest BCUT2D eigenvalue weighted by Gasteiger charge is -2.16. The van der Waals surface area contributed by atoms with Crippen molar-refractivity contribution in [2.24, 2.45) is 0 Å². The van der Waals surface area contributed by atoms with Gasteiger partial charge in [0.2, 0.25) is 0 Å². The first-order valence-electron chi connectivity index (χ1n) is 7.03. The van der Waals surface area contributed by atoms with Crippen LogP contribution in [0.3, 0.4) is 0 Å². The SMILES string of the molecule is Cc1ccccc1N1C(=O)/C(=C\c2ccc(C#N)cc2)NC1=S. The number of aryl methyl sites for hydroxylation is 1. The smallest absolute Gasteiger partial charge is 0.281 e. The molecule has 1 aliphatic heterocycles. The minimum absolute atomic E-state index is 0.186. The highest BCUT2D eigenvalue weighted by Crippen LogP contribution is 2.25. The summed E-state index contributed by atoms with van der Waals surface area (Å²) >= 11 is 5.30. The first-order chi connectivity index (χ1) is 11.1. The standard InChI is InChI=1S/C18H13N3OS/c1-12-4-2-3-5-16(12)21-17(22)15(20-18(21)23)10-13-6-8-14(11-19)9-7-13/h2-10H,1H3,(H,20,23)/b15-10+. The molecule has 0 aliphatic carbocycles. The molecular formula is C18H13N3OS. The van der Waals surface area contributed by atoms with Crippen molar-refractivity contribution < 1.29 is 4.79 Å². The predicted octanol–water partition coefficient (Wildman–Crippen LogP) is 3.13. The fourth-order valence-corrected chi connectivity index (χ4v) is 2.68. The Morgan fingerprint density at radius 1 is 1.17 bits per heavy atom. The zero-order valence-electron chi connectivity index (χ0n) is 12.4. The van der Waals surface area contributed by atoms with Crippen LogP contribution in [0.1, 0.15) is 16.7 Å². The summed E-state index contributed by atoms with van der Waals surface area (Å²) in [6, 6.07) is 16.7. The van der Waals surface area contributed by atoms with E-state index in [0.29, 0.717) is 16.4 Å². The average Bonchev–Trinajstić information content (AvgIpc) is 2.83.